The Morgan fingerprint density at radius 1 is 1.47 bits per heavy atom. The molecule has 1 rings (SSSR count). The van der Waals surface area contributed by atoms with Gasteiger partial charge in [-0.25, -0.2) is 8.42 Å². The zero-order valence-electron chi connectivity index (χ0n) is 9.41. The average molecular weight is 234 g/mol. The van der Waals surface area contributed by atoms with E-state index in [1.54, 1.807) is 6.92 Å². The number of nitrogens with two attached hydrogens (primary N) is 1. The van der Waals surface area contributed by atoms with Crippen LogP contribution in [0, 0.1) is 5.92 Å². The van der Waals surface area contributed by atoms with E-state index in [-0.39, 0.29) is 5.75 Å². The summed E-state index contributed by atoms with van der Waals surface area (Å²) in [5, 5.41) is 0. The Bertz CT molecular complexity index is 273. The summed E-state index contributed by atoms with van der Waals surface area (Å²) in [7, 11) is -2.80. The van der Waals surface area contributed by atoms with Gasteiger partial charge in [-0.15, -0.1) is 0 Å². The van der Waals surface area contributed by atoms with E-state index in [9.17, 15) is 8.42 Å². The van der Waals surface area contributed by atoms with E-state index in [0.717, 1.165) is 25.2 Å². The molecule has 0 aromatic rings. The van der Waals surface area contributed by atoms with Crippen molar-refractivity contribution in [3.8, 4) is 0 Å². The second-order valence-corrected chi connectivity index (χ2v) is 6.89. The Hall–Kier alpha value is -0.130. The number of nitrogens with one attached hydrogen (secondary N) is 1. The van der Waals surface area contributed by atoms with E-state index in [1.165, 1.54) is 12.8 Å². The molecule has 0 spiro atoms. The predicted molar refractivity (Wildman–Crippen MR) is 62.0 cm³/mol. The molecule has 1 aliphatic carbocycles. The number of sulfone groups is 1. The Kier molecular flexibility index (Phi) is 5.02. The summed E-state index contributed by atoms with van der Waals surface area (Å²) < 4.78 is 22.5. The SMILES string of the molecule is CCS(=O)(=O)CCCC(CC1CC1)NN. The third-order valence-corrected chi connectivity index (χ3v) is 4.79. The van der Waals surface area contributed by atoms with E-state index in [4.69, 9.17) is 5.84 Å². The van der Waals surface area contributed by atoms with E-state index < -0.39 is 9.84 Å². The van der Waals surface area contributed by atoms with Crippen molar-refractivity contribution in [2.75, 3.05) is 11.5 Å². The van der Waals surface area contributed by atoms with Crippen molar-refractivity contribution in [3.05, 3.63) is 0 Å². The molecule has 1 fully saturated rings. The van der Waals surface area contributed by atoms with Crippen LogP contribution < -0.4 is 11.3 Å². The first kappa shape index (κ1) is 12.9. The molecule has 0 aliphatic heterocycles. The average Bonchev–Trinajstić information content (AvgIpc) is 3.00. The zero-order chi connectivity index (χ0) is 11.3. The first-order valence-electron chi connectivity index (χ1n) is 5.74. The molecule has 0 bridgehead atoms. The molecule has 15 heavy (non-hydrogen) atoms. The monoisotopic (exact) mass is 234 g/mol. The van der Waals surface area contributed by atoms with Crippen molar-refractivity contribution in [1.82, 2.24) is 5.43 Å². The van der Waals surface area contributed by atoms with Gasteiger partial charge in [0.2, 0.25) is 0 Å². The van der Waals surface area contributed by atoms with Crippen LogP contribution >= 0.6 is 0 Å². The summed E-state index contributed by atoms with van der Waals surface area (Å²) in [4.78, 5) is 0. The molecule has 0 aromatic carbocycles. The number of rotatable bonds is 8. The van der Waals surface area contributed by atoms with Crippen LogP contribution in [0.3, 0.4) is 0 Å². The summed E-state index contributed by atoms with van der Waals surface area (Å²) in [6, 6.07) is 0.296. The van der Waals surface area contributed by atoms with E-state index in [2.05, 4.69) is 5.43 Å². The summed E-state index contributed by atoms with van der Waals surface area (Å²) >= 11 is 0. The number of hydrazine groups is 1. The maximum absolute atomic E-state index is 11.3. The van der Waals surface area contributed by atoms with Gasteiger partial charge in [-0.1, -0.05) is 19.8 Å². The van der Waals surface area contributed by atoms with Crippen molar-refractivity contribution in [2.24, 2.45) is 11.8 Å². The lowest BCUT2D eigenvalue weighted by atomic mass is 10.1. The minimum Gasteiger partial charge on any atom is -0.271 e. The van der Waals surface area contributed by atoms with E-state index >= 15 is 0 Å². The fourth-order valence-electron chi connectivity index (χ4n) is 1.72. The minimum absolute atomic E-state index is 0.246. The Morgan fingerprint density at radius 3 is 2.60 bits per heavy atom. The van der Waals surface area contributed by atoms with Gasteiger partial charge in [-0.3, -0.25) is 11.3 Å². The fourth-order valence-corrected chi connectivity index (χ4v) is 2.61. The van der Waals surface area contributed by atoms with Crippen LogP contribution in [-0.4, -0.2) is 26.0 Å². The van der Waals surface area contributed by atoms with Crippen LogP contribution in [0.25, 0.3) is 0 Å². The lowest BCUT2D eigenvalue weighted by Crippen LogP contribution is -2.35. The highest BCUT2D eigenvalue weighted by atomic mass is 32.2. The Morgan fingerprint density at radius 2 is 2.13 bits per heavy atom. The van der Waals surface area contributed by atoms with Crippen LogP contribution in [0.4, 0.5) is 0 Å². The summed E-state index contributed by atoms with van der Waals surface area (Å²) in [5.74, 6) is 6.80. The van der Waals surface area contributed by atoms with Crippen molar-refractivity contribution < 1.29 is 8.42 Å². The van der Waals surface area contributed by atoms with Gasteiger partial charge in [0.15, 0.2) is 0 Å². The molecule has 90 valence electrons. The summed E-state index contributed by atoms with van der Waals surface area (Å²) in [6.45, 7) is 1.69. The molecule has 0 saturated heterocycles. The van der Waals surface area contributed by atoms with Gasteiger partial charge in [-0.05, 0) is 25.2 Å². The van der Waals surface area contributed by atoms with Gasteiger partial charge in [-0.2, -0.15) is 0 Å². The van der Waals surface area contributed by atoms with Gasteiger partial charge >= 0.3 is 0 Å². The molecule has 1 saturated carbocycles. The third kappa shape index (κ3) is 5.49. The Labute approximate surface area is 92.5 Å². The second-order valence-electron chi connectivity index (χ2n) is 4.42. The van der Waals surface area contributed by atoms with Gasteiger partial charge in [0, 0.05) is 11.8 Å². The van der Waals surface area contributed by atoms with Crippen molar-refractivity contribution in [2.45, 2.75) is 45.1 Å². The van der Waals surface area contributed by atoms with E-state index in [1.807, 2.05) is 0 Å². The normalized spacial score (nSPS) is 19.1. The van der Waals surface area contributed by atoms with E-state index in [0.29, 0.717) is 11.8 Å². The van der Waals surface area contributed by atoms with Crippen LogP contribution in [0.2, 0.25) is 0 Å². The highest BCUT2D eigenvalue weighted by Gasteiger charge is 2.24. The standard InChI is InChI=1S/C10H22N2O2S/c1-2-15(13,14)7-3-4-10(12-11)8-9-5-6-9/h9-10,12H,2-8,11H2,1H3. The molecule has 0 radical (unpaired) electrons. The molecule has 4 nitrogen and oxygen atoms in total. The molecular formula is C10H22N2O2S. The van der Waals surface area contributed by atoms with Gasteiger partial charge in [0.25, 0.3) is 0 Å². The maximum atomic E-state index is 11.3. The van der Waals surface area contributed by atoms with Gasteiger partial charge in [0.05, 0.1) is 5.75 Å². The highest BCUT2D eigenvalue weighted by Crippen LogP contribution is 2.34. The maximum Gasteiger partial charge on any atom is 0.150 e. The highest BCUT2D eigenvalue weighted by molar-refractivity contribution is 7.91. The summed E-state index contributed by atoms with van der Waals surface area (Å²) in [5.41, 5.74) is 2.78. The molecule has 1 unspecified atom stereocenters. The molecule has 1 aliphatic rings. The van der Waals surface area contributed by atoms with Crippen molar-refractivity contribution in [3.63, 3.8) is 0 Å². The van der Waals surface area contributed by atoms with Crippen molar-refractivity contribution in [1.29, 1.82) is 0 Å². The molecular weight excluding hydrogens is 212 g/mol. The van der Waals surface area contributed by atoms with Gasteiger partial charge in [0.1, 0.15) is 9.84 Å². The molecule has 0 aromatic heterocycles. The van der Waals surface area contributed by atoms with Crippen LogP contribution in [0.15, 0.2) is 0 Å². The number of hydrogen-bond acceptors (Lipinski definition) is 4. The Balaban J connectivity index is 2.16. The molecule has 1 atom stereocenters. The van der Waals surface area contributed by atoms with Crippen LogP contribution in [0.1, 0.15) is 39.0 Å². The largest absolute Gasteiger partial charge is 0.271 e. The molecule has 3 N–H and O–H groups in total. The second kappa shape index (κ2) is 5.82. The first-order valence-corrected chi connectivity index (χ1v) is 7.56. The lowest BCUT2D eigenvalue weighted by Gasteiger charge is -2.14. The smallest absolute Gasteiger partial charge is 0.150 e. The quantitative estimate of drug-likeness (QED) is 0.482. The molecule has 0 amide bonds. The minimum atomic E-state index is -2.80. The van der Waals surface area contributed by atoms with Gasteiger partial charge < -0.3 is 0 Å². The lowest BCUT2D eigenvalue weighted by molar-refractivity contribution is 0.437. The van der Waals surface area contributed by atoms with Crippen LogP contribution in [-0.2, 0) is 9.84 Å². The predicted octanol–water partition coefficient (Wildman–Crippen LogP) is 0.833. The zero-order valence-corrected chi connectivity index (χ0v) is 10.2. The first-order chi connectivity index (χ1) is 7.07. The fraction of sp³-hybridized carbons (Fsp3) is 1.00. The summed E-state index contributed by atoms with van der Waals surface area (Å²) in [6.07, 6.45) is 5.31. The van der Waals surface area contributed by atoms with Crippen molar-refractivity contribution >= 4 is 9.84 Å². The topological polar surface area (TPSA) is 72.2 Å². The van der Waals surface area contributed by atoms with Crippen LogP contribution in [0.5, 0.6) is 0 Å². The molecule has 0 heterocycles. The third-order valence-electron chi connectivity index (χ3n) is 3.00. The molecule has 5 heteroatoms. The number of hydrogen-bond donors (Lipinski definition) is 2.